The molecular weight excluding hydrogens is 272 g/mol. The number of amides is 3. The molecule has 2 aliphatic rings. The minimum absolute atomic E-state index is 0.253. The largest absolute Gasteiger partial charge is 0.322 e. The minimum Gasteiger partial charge on any atom is -0.319 e. The van der Waals surface area contributed by atoms with Gasteiger partial charge in [-0.2, -0.15) is 0 Å². The number of fused-ring (bicyclic) bond motifs is 2. The Labute approximate surface area is 113 Å². The van der Waals surface area contributed by atoms with Gasteiger partial charge in [-0.15, -0.1) is 11.8 Å². The van der Waals surface area contributed by atoms with E-state index >= 15 is 0 Å². The molecule has 2 N–H and O–H groups in total. The Morgan fingerprint density at radius 2 is 2.22 bits per heavy atom. The van der Waals surface area contributed by atoms with Crippen LogP contribution >= 0.6 is 23.4 Å². The number of hydrogen-bond acceptors (Lipinski definition) is 3. The lowest BCUT2D eigenvalue weighted by molar-refractivity contribution is -0.124. The summed E-state index contributed by atoms with van der Waals surface area (Å²) in [4.78, 5) is 24.6. The van der Waals surface area contributed by atoms with E-state index in [2.05, 4.69) is 10.6 Å². The molecule has 2 atom stereocenters. The third kappa shape index (κ3) is 1.61. The number of rotatable bonds is 0. The van der Waals surface area contributed by atoms with Crippen LogP contribution in [0.3, 0.4) is 0 Å². The van der Waals surface area contributed by atoms with Gasteiger partial charge in [0.1, 0.15) is 5.54 Å². The zero-order valence-electron chi connectivity index (χ0n) is 9.62. The van der Waals surface area contributed by atoms with Crippen molar-refractivity contribution in [2.75, 3.05) is 0 Å². The standard InChI is InChI=1S/C12H11ClN2O2S/c1-6-5-12(10(16)14-11(17)15-12)8-4-7(13)2-3-9(8)18-6/h2-4,6H,5H2,1H3,(H2,14,15,16,17). The molecule has 18 heavy (non-hydrogen) atoms. The Morgan fingerprint density at radius 1 is 1.44 bits per heavy atom. The Bertz CT molecular complexity index is 563. The molecule has 1 aromatic carbocycles. The van der Waals surface area contributed by atoms with Gasteiger partial charge in [0.2, 0.25) is 0 Å². The third-order valence-corrected chi connectivity index (χ3v) is 4.68. The summed E-state index contributed by atoms with van der Waals surface area (Å²) in [6, 6.07) is 5.02. The summed E-state index contributed by atoms with van der Waals surface area (Å²) < 4.78 is 0. The summed E-state index contributed by atoms with van der Waals surface area (Å²) in [5, 5.41) is 5.90. The van der Waals surface area contributed by atoms with Crippen molar-refractivity contribution in [3.05, 3.63) is 28.8 Å². The summed E-state index contributed by atoms with van der Waals surface area (Å²) in [6.07, 6.45) is 0.572. The normalized spacial score (nSPS) is 30.0. The Kier molecular flexibility index (Phi) is 2.57. The highest BCUT2D eigenvalue weighted by Gasteiger charge is 2.51. The van der Waals surface area contributed by atoms with Crippen molar-refractivity contribution in [1.82, 2.24) is 10.6 Å². The second-order valence-corrected chi connectivity index (χ2v) is 6.50. The lowest BCUT2D eigenvalue weighted by Gasteiger charge is -2.35. The van der Waals surface area contributed by atoms with E-state index in [1.54, 1.807) is 23.9 Å². The van der Waals surface area contributed by atoms with Crippen LogP contribution in [0.15, 0.2) is 23.1 Å². The molecule has 3 amide bonds. The van der Waals surface area contributed by atoms with E-state index < -0.39 is 11.6 Å². The number of carbonyl (C=O) groups is 2. The van der Waals surface area contributed by atoms with Gasteiger partial charge in [0, 0.05) is 20.7 Å². The molecule has 0 bridgehead atoms. The van der Waals surface area contributed by atoms with Crippen LogP contribution in [0.4, 0.5) is 4.79 Å². The van der Waals surface area contributed by atoms with Crippen LogP contribution in [0.25, 0.3) is 0 Å². The molecular formula is C12H11ClN2O2S. The minimum atomic E-state index is -0.956. The smallest absolute Gasteiger partial charge is 0.319 e. The van der Waals surface area contributed by atoms with E-state index in [4.69, 9.17) is 11.6 Å². The van der Waals surface area contributed by atoms with Crippen LogP contribution in [0.5, 0.6) is 0 Å². The highest BCUT2D eigenvalue weighted by molar-refractivity contribution is 8.00. The molecule has 1 aromatic rings. The summed E-state index contributed by atoms with van der Waals surface area (Å²) in [5.41, 5.74) is -0.163. The van der Waals surface area contributed by atoms with Crippen molar-refractivity contribution in [3.8, 4) is 0 Å². The summed E-state index contributed by atoms with van der Waals surface area (Å²) in [6.45, 7) is 2.04. The van der Waals surface area contributed by atoms with E-state index in [1.165, 1.54) is 0 Å². The second-order valence-electron chi connectivity index (χ2n) is 4.59. The predicted octanol–water partition coefficient (Wildman–Crippen LogP) is 2.26. The Hall–Kier alpha value is -1.20. The monoisotopic (exact) mass is 282 g/mol. The van der Waals surface area contributed by atoms with Gasteiger partial charge in [0.25, 0.3) is 5.91 Å². The summed E-state index contributed by atoms with van der Waals surface area (Å²) >= 11 is 7.70. The van der Waals surface area contributed by atoms with E-state index in [1.807, 2.05) is 13.0 Å². The highest BCUT2D eigenvalue weighted by Crippen LogP contribution is 2.46. The molecule has 0 saturated carbocycles. The van der Waals surface area contributed by atoms with Gasteiger partial charge in [-0.05, 0) is 24.6 Å². The number of carbonyl (C=O) groups excluding carboxylic acids is 2. The molecule has 4 nitrogen and oxygen atoms in total. The zero-order chi connectivity index (χ0) is 12.9. The molecule has 1 fully saturated rings. The second kappa shape index (κ2) is 3.90. The molecule has 2 unspecified atom stereocenters. The van der Waals surface area contributed by atoms with Crippen molar-refractivity contribution in [2.45, 2.75) is 29.0 Å². The molecule has 6 heteroatoms. The van der Waals surface area contributed by atoms with Crippen molar-refractivity contribution in [3.63, 3.8) is 0 Å². The lowest BCUT2D eigenvalue weighted by atomic mass is 9.85. The van der Waals surface area contributed by atoms with Crippen molar-refractivity contribution >= 4 is 35.3 Å². The van der Waals surface area contributed by atoms with E-state index in [-0.39, 0.29) is 11.2 Å². The van der Waals surface area contributed by atoms with Gasteiger partial charge in [-0.25, -0.2) is 4.79 Å². The van der Waals surface area contributed by atoms with Crippen molar-refractivity contribution < 1.29 is 9.59 Å². The first-order valence-corrected chi connectivity index (χ1v) is 6.87. The van der Waals surface area contributed by atoms with Crippen LogP contribution in [-0.2, 0) is 10.3 Å². The number of benzene rings is 1. The van der Waals surface area contributed by atoms with E-state index in [0.717, 1.165) is 10.5 Å². The van der Waals surface area contributed by atoms with E-state index in [9.17, 15) is 9.59 Å². The van der Waals surface area contributed by atoms with Crippen LogP contribution in [0, 0.1) is 0 Å². The van der Waals surface area contributed by atoms with Gasteiger partial charge < -0.3 is 5.32 Å². The Balaban J connectivity index is 2.20. The third-order valence-electron chi connectivity index (χ3n) is 3.26. The maximum atomic E-state index is 12.1. The first-order valence-electron chi connectivity index (χ1n) is 5.61. The van der Waals surface area contributed by atoms with E-state index in [0.29, 0.717) is 11.4 Å². The summed E-state index contributed by atoms with van der Waals surface area (Å²) in [7, 11) is 0. The SMILES string of the molecule is CC1CC2(NC(=O)NC2=O)c2cc(Cl)ccc2S1. The molecule has 0 aliphatic carbocycles. The molecule has 3 rings (SSSR count). The fourth-order valence-corrected chi connectivity index (χ4v) is 4.01. The van der Waals surface area contributed by atoms with Gasteiger partial charge in [-0.1, -0.05) is 18.5 Å². The molecule has 2 heterocycles. The number of nitrogens with one attached hydrogen (secondary N) is 2. The molecule has 0 aromatic heterocycles. The maximum Gasteiger partial charge on any atom is 0.322 e. The van der Waals surface area contributed by atoms with Crippen LogP contribution < -0.4 is 10.6 Å². The first-order chi connectivity index (χ1) is 8.51. The van der Waals surface area contributed by atoms with Gasteiger partial charge in [0.05, 0.1) is 0 Å². The predicted molar refractivity (Wildman–Crippen MR) is 69.7 cm³/mol. The maximum absolute atomic E-state index is 12.1. The number of imide groups is 1. The first kappa shape index (κ1) is 11.9. The van der Waals surface area contributed by atoms with Gasteiger partial charge in [0.15, 0.2) is 0 Å². The number of hydrogen-bond donors (Lipinski definition) is 2. The molecule has 2 aliphatic heterocycles. The van der Waals surface area contributed by atoms with Crippen LogP contribution in [0.2, 0.25) is 5.02 Å². The number of urea groups is 1. The Morgan fingerprint density at radius 3 is 2.89 bits per heavy atom. The lowest BCUT2D eigenvalue weighted by Crippen LogP contribution is -2.47. The number of halogens is 1. The van der Waals surface area contributed by atoms with Gasteiger partial charge in [-0.3, -0.25) is 10.1 Å². The average molecular weight is 283 g/mol. The molecule has 1 spiro atoms. The molecule has 0 radical (unpaired) electrons. The van der Waals surface area contributed by atoms with Crippen molar-refractivity contribution in [1.29, 1.82) is 0 Å². The van der Waals surface area contributed by atoms with Crippen molar-refractivity contribution in [2.24, 2.45) is 0 Å². The fraction of sp³-hybridized carbons (Fsp3) is 0.333. The van der Waals surface area contributed by atoms with Gasteiger partial charge >= 0.3 is 6.03 Å². The topological polar surface area (TPSA) is 58.2 Å². The molecule has 94 valence electrons. The molecule has 1 saturated heterocycles. The quantitative estimate of drug-likeness (QED) is 0.718. The highest BCUT2D eigenvalue weighted by atomic mass is 35.5. The average Bonchev–Trinajstić information content (AvgIpc) is 2.55. The number of thioether (sulfide) groups is 1. The summed E-state index contributed by atoms with van der Waals surface area (Å²) in [5.74, 6) is -0.289. The van der Waals surface area contributed by atoms with Crippen LogP contribution in [-0.4, -0.2) is 17.2 Å². The zero-order valence-corrected chi connectivity index (χ0v) is 11.2. The fourth-order valence-electron chi connectivity index (χ4n) is 2.56. The van der Waals surface area contributed by atoms with Crippen LogP contribution in [0.1, 0.15) is 18.9 Å².